The van der Waals surface area contributed by atoms with E-state index in [0.717, 1.165) is 11.3 Å². The molecule has 1 N–H and O–H groups in total. The fourth-order valence-corrected chi connectivity index (χ4v) is 4.82. The quantitative estimate of drug-likeness (QED) is 0.502. The van der Waals surface area contributed by atoms with Crippen molar-refractivity contribution in [3.63, 3.8) is 0 Å². The topological polar surface area (TPSA) is 68.7 Å². The fourth-order valence-electron chi connectivity index (χ4n) is 2.77. The molecule has 1 heterocycles. The maximum atomic E-state index is 13.8. The van der Waals surface area contributed by atoms with Gasteiger partial charge in [-0.15, -0.1) is 0 Å². The molecule has 0 saturated carbocycles. The second-order valence-corrected chi connectivity index (χ2v) is 8.48. The van der Waals surface area contributed by atoms with Gasteiger partial charge in [-0.3, -0.25) is 4.57 Å². The number of aromatic nitrogens is 1. The zero-order valence-corrected chi connectivity index (χ0v) is 17.2. The van der Waals surface area contributed by atoms with Crippen molar-refractivity contribution < 1.29 is 18.9 Å². The predicted octanol–water partition coefficient (Wildman–Crippen LogP) is 3.25. The summed E-state index contributed by atoms with van der Waals surface area (Å²) >= 11 is 0. The van der Waals surface area contributed by atoms with Crippen LogP contribution < -0.4 is 15.5 Å². The number of aliphatic hydroxyl groups excluding tert-OH is 1. The van der Waals surface area contributed by atoms with Crippen LogP contribution in [0.1, 0.15) is 23.7 Å². The number of methoxy groups -OCH3 is 1. The van der Waals surface area contributed by atoms with Crippen LogP contribution in [0.2, 0.25) is 0 Å². The van der Waals surface area contributed by atoms with E-state index < -0.39 is 7.37 Å². The lowest BCUT2D eigenvalue weighted by Gasteiger charge is -2.18. The Morgan fingerprint density at radius 3 is 2.31 bits per heavy atom. The van der Waals surface area contributed by atoms with Crippen LogP contribution in [0.5, 0.6) is 5.75 Å². The van der Waals surface area contributed by atoms with Crippen molar-refractivity contribution in [3.8, 4) is 17.6 Å². The Morgan fingerprint density at radius 2 is 1.69 bits per heavy atom. The van der Waals surface area contributed by atoms with E-state index in [4.69, 9.17) is 9.26 Å². The molecule has 148 valence electrons. The molecule has 0 aliphatic carbocycles. The van der Waals surface area contributed by atoms with Crippen LogP contribution in [0, 0.1) is 11.8 Å². The van der Waals surface area contributed by atoms with Gasteiger partial charge in [0.1, 0.15) is 11.2 Å². The third-order valence-electron chi connectivity index (χ3n) is 4.18. The number of nitrogens with zero attached hydrogens (tertiary/aromatic N) is 1. The third kappa shape index (κ3) is 4.93. The number of pyridine rings is 1. The van der Waals surface area contributed by atoms with Gasteiger partial charge in [0.25, 0.3) is 7.37 Å². The number of ether oxygens (including phenoxy) is 1. The molecule has 0 fully saturated rings. The van der Waals surface area contributed by atoms with Gasteiger partial charge in [0.15, 0.2) is 0 Å². The van der Waals surface area contributed by atoms with E-state index in [1.807, 2.05) is 30.3 Å². The van der Waals surface area contributed by atoms with Gasteiger partial charge in [0.05, 0.1) is 26.0 Å². The first-order chi connectivity index (χ1) is 14.1. The van der Waals surface area contributed by atoms with Gasteiger partial charge in [0, 0.05) is 16.4 Å². The Hall–Kier alpha value is -2.90. The molecule has 2 aromatic carbocycles. The van der Waals surface area contributed by atoms with Crippen LogP contribution in [0.4, 0.5) is 0 Å². The summed E-state index contributed by atoms with van der Waals surface area (Å²) in [6, 6.07) is 19.7. The van der Waals surface area contributed by atoms with Crippen LogP contribution in [0.15, 0.2) is 66.7 Å². The summed E-state index contributed by atoms with van der Waals surface area (Å²) in [5.74, 6) is 6.88. The van der Waals surface area contributed by atoms with Gasteiger partial charge in [-0.1, -0.05) is 30.0 Å². The molecule has 0 bridgehead atoms. The van der Waals surface area contributed by atoms with Crippen LogP contribution in [0.25, 0.3) is 0 Å². The van der Waals surface area contributed by atoms with Gasteiger partial charge < -0.3 is 14.4 Å². The van der Waals surface area contributed by atoms with E-state index in [9.17, 15) is 9.67 Å². The predicted molar refractivity (Wildman–Crippen MR) is 114 cm³/mol. The Morgan fingerprint density at radius 1 is 1.00 bits per heavy atom. The highest BCUT2D eigenvalue weighted by Crippen LogP contribution is 2.43. The van der Waals surface area contributed by atoms with E-state index in [2.05, 4.69) is 16.8 Å². The summed E-state index contributed by atoms with van der Waals surface area (Å²) < 4.78 is 24.6. The van der Waals surface area contributed by atoms with E-state index >= 15 is 0 Å². The lowest BCUT2D eigenvalue weighted by Crippen LogP contribution is -2.22. The first-order valence-electron chi connectivity index (χ1n) is 9.17. The van der Waals surface area contributed by atoms with Crippen molar-refractivity contribution in [2.75, 3.05) is 13.7 Å². The minimum absolute atomic E-state index is 0.268. The van der Waals surface area contributed by atoms with Crippen LogP contribution in [0.3, 0.4) is 0 Å². The Kier molecular flexibility index (Phi) is 6.85. The molecular formula is C23H22NO4P. The zero-order valence-electron chi connectivity index (χ0n) is 16.3. The van der Waals surface area contributed by atoms with E-state index in [0.29, 0.717) is 16.6 Å². The maximum absolute atomic E-state index is 13.8. The molecule has 0 saturated heterocycles. The highest BCUT2D eigenvalue weighted by atomic mass is 31.2. The SMILES string of the molecule is CCOP(=O)(c1ccccc1)c1cc(C#Cc2ccc(OC)cc2)cc(CO)n1. The minimum atomic E-state index is -3.40. The summed E-state index contributed by atoms with van der Waals surface area (Å²) in [6.45, 7) is 1.77. The zero-order chi connectivity index (χ0) is 20.7. The van der Waals surface area contributed by atoms with Gasteiger partial charge in [-0.2, -0.15) is 0 Å². The van der Waals surface area contributed by atoms with Crippen molar-refractivity contribution >= 4 is 18.1 Å². The Bertz CT molecular complexity index is 1070. The number of benzene rings is 2. The number of hydrogen-bond donors (Lipinski definition) is 1. The smallest absolute Gasteiger partial charge is 0.279 e. The molecule has 1 aromatic heterocycles. The van der Waals surface area contributed by atoms with Crippen molar-refractivity contribution in [1.29, 1.82) is 0 Å². The van der Waals surface area contributed by atoms with Crippen LogP contribution in [-0.2, 0) is 15.7 Å². The molecule has 6 heteroatoms. The van der Waals surface area contributed by atoms with Crippen molar-refractivity contribution in [2.24, 2.45) is 0 Å². The molecule has 1 unspecified atom stereocenters. The standard InChI is InChI=1S/C23H22NO4P/c1-3-28-29(26,22-7-5-4-6-8-22)23-16-19(15-20(17-25)24-23)10-9-18-11-13-21(27-2)14-12-18/h4-8,11-16,25H,3,17H2,1-2H3. The molecule has 0 aliphatic rings. The fraction of sp³-hybridized carbons (Fsp3) is 0.174. The highest BCUT2D eigenvalue weighted by Gasteiger charge is 2.30. The second kappa shape index (κ2) is 9.54. The van der Waals surface area contributed by atoms with Crippen LogP contribution >= 0.6 is 7.37 Å². The minimum Gasteiger partial charge on any atom is -0.497 e. The largest absolute Gasteiger partial charge is 0.497 e. The highest BCUT2D eigenvalue weighted by molar-refractivity contribution is 7.74. The molecule has 3 rings (SSSR count). The summed E-state index contributed by atoms with van der Waals surface area (Å²) in [5.41, 5.74) is 2.07. The number of hydrogen-bond acceptors (Lipinski definition) is 5. The Balaban J connectivity index is 2.04. The van der Waals surface area contributed by atoms with Crippen molar-refractivity contribution in [3.05, 3.63) is 83.6 Å². The third-order valence-corrected chi connectivity index (χ3v) is 6.61. The first kappa shape index (κ1) is 20.8. The molecule has 0 spiro atoms. The monoisotopic (exact) mass is 407 g/mol. The molecule has 0 aliphatic heterocycles. The number of aliphatic hydroxyl groups is 1. The van der Waals surface area contributed by atoms with Gasteiger partial charge in [0.2, 0.25) is 0 Å². The summed E-state index contributed by atoms with van der Waals surface area (Å²) in [7, 11) is -1.79. The lowest BCUT2D eigenvalue weighted by atomic mass is 10.2. The molecule has 29 heavy (non-hydrogen) atoms. The Labute approximate surface area is 170 Å². The van der Waals surface area contributed by atoms with Gasteiger partial charge >= 0.3 is 0 Å². The molecule has 3 aromatic rings. The lowest BCUT2D eigenvalue weighted by molar-refractivity contribution is 0.277. The van der Waals surface area contributed by atoms with Crippen molar-refractivity contribution in [2.45, 2.75) is 13.5 Å². The molecule has 0 amide bonds. The van der Waals surface area contributed by atoms with E-state index in [1.54, 1.807) is 50.4 Å². The van der Waals surface area contributed by atoms with E-state index in [-0.39, 0.29) is 18.6 Å². The van der Waals surface area contributed by atoms with E-state index in [1.165, 1.54) is 0 Å². The first-order valence-corrected chi connectivity index (χ1v) is 10.8. The van der Waals surface area contributed by atoms with Gasteiger partial charge in [-0.25, -0.2) is 4.98 Å². The summed E-state index contributed by atoms with van der Waals surface area (Å²) in [4.78, 5) is 4.37. The summed E-state index contributed by atoms with van der Waals surface area (Å²) in [5, 5.41) is 10.2. The normalized spacial score (nSPS) is 12.5. The average Bonchev–Trinajstić information content (AvgIpc) is 2.78. The molecule has 5 nitrogen and oxygen atoms in total. The average molecular weight is 407 g/mol. The molecule has 0 radical (unpaired) electrons. The van der Waals surface area contributed by atoms with Crippen LogP contribution in [-0.4, -0.2) is 23.8 Å². The van der Waals surface area contributed by atoms with Gasteiger partial charge in [-0.05, 0) is 55.5 Å². The molecule has 1 atom stereocenters. The number of rotatable bonds is 6. The second-order valence-electron chi connectivity index (χ2n) is 6.15. The molecular weight excluding hydrogens is 385 g/mol. The maximum Gasteiger partial charge on any atom is 0.279 e. The van der Waals surface area contributed by atoms with Crippen molar-refractivity contribution in [1.82, 2.24) is 4.98 Å². The summed E-state index contributed by atoms with van der Waals surface area (Å²) in [6.07, 6.45) is 0.